The third-order valence-electron chi connectivity index (χ3n) is 4.42. The van der Waals surface area contributed by atoms with Crippen molar-refractivity contribution in [3.8, 4) is 11.5 Å². The maximum atomic E-state index is 12.8. The van der Waals surface area contributed by atoms with Crippen LogP contribution in [0.1, 0.15) is 34.2 Å². The summed E-state index contributed by atoms with van der Waals surface area (Å²) in [6.45, 7) is 1.08. The molecule has 0 radical (unpaired) electrons. The number of nitrogens with one attached hydrogen (secondary N) is 1. The van der Waals surface area contributed by atoms with E-state index in [2.05, 4.69) is 5.32 Å². The molecule has 2 aromatic rings. The third kappa shape index (κ3) is 4.82. The molecule has 150 valence electrons. The molecule has 1 aliphatic heterocycles. The molecule has 8 heteroatoms. The molecule has 1 fully saturated rings. The second-order valence-corrected chi connectivity index (χ2v) is 7.20. The van der Waals surface area contributed by atoms with Crippen LogP contribution in [0, 0.1) is 0 Å². The topological polar surface area (TPSA) is 83.1 Å². The van der Waals surface area contributed by atoms with E-state index < -0.39 is 18.0 Å². The average Bonchev–Trinajstić information content (AvgIpc) is 3.43. The van der Waals surface area contributed by atoms with Gasteiger partial charge in [-0.1, -0.05) is 12.1 Å². The number of rotatable bonds is 8. The van der Waals surface area contributed by atoms with Crippen molar-refractivity contribution in [3.05, 3.63) is 46.2 Å². The summed E-state index contributed by atoms with van der Waals surface area (Å²) in [6.07, 6.45) is 0.752. The Kier molecular flexibility index (Phi) is 6.89. The SMILES string of the molecule is COc1ccc([C@@H](OC(=O)c2cccs2)C(=O)NC[C@H]2CCCO2)cc1OC. The second kappa shape index (κ2) is 9.57. The van der Waals surface area contributed by atoms with Crippen molar-refractivity contribution in [1.29, 1.82) is 0 Å². The Hall–Kier alpha value is -2.58. The van der Waals surface area contributed by atoms with Crippen molar-refractivity contribution >= 4 is 23.2 Å². The van der Waals surface area contributed by atoms with Gasteiger partial charge in [0.05, 0.1) is 20.3 Å². The highest BCUT2D eigenvalue weighted by Crippen LogP contribution is 2.32. The van der Waals surface area contributed by atoms with Gasteiger partial charge < -0.3 is 24.3 Å². The zero-order valence-electron chi connectivity index (χ0n) is 15.8. The van der Waals surface area contributed by atoms with Gasteiger partial charge >= 0.3 is 5.97 Å². The lowest BCUT2D eigenvalue weighted by atomic mass is 10.1. The van der Waals surface area contributed by atoms with Crippen LogP contribution in [0.25, 0.3) is 0 Å². The van der Waals surface area contributed by atoms with E-state index in [-0.39, 0.29) is 6.10 Å². The Morgan fingerprint density at radius 3 is 2.71 bits per heavy atom. The number of hydrogen-bond donors (Lipinski definition) is 1. The number of methoxy groups -OCH3 is 2. The summed E-state index contributed by atoms with van der Waals surface area (Å²) in [4.78, 5) is 25.7. The fourth-order valence-corrected chi connectivity index (χ4v) is 3.57. The number of carbonyl (C=O) groups excluding carboxylic acids is 2. The van der Waals surface area contributed by atoms with E-state index in [4.69, 9.17) is 18.9 Å². The molecule has 0 aliphatic carbocycles. The second-order valence-electron chi connectivity index (χ2n) is 6.26. The van der Waals surface area contributed by atoms with E-state index in [1.54, 1.807) is 35.7 Å². The molecular weight excluding hydrogens is 382 g/mol. The Morgan fingerprint density at radius 1 is 1.25 bits per heavy atom. The monoisotopic (exact) mass is 405 g/mol. The Bertz CT molecular complexity index is 801. The molecule has 7 nitrogen and oxygen atoms in total. The lowest BCUT2D eigenvalue weighted by molar-refractivity contribution is -0.130. The molecule has 2 atom stereocenters. The molecule has 0 spiro atoms. The Morgan fingerprint density at radius 2 is 2.07 bits per heavy atom. The van der Waals surface area contributed by atoms with Crippen molar-refractivity contribution in [2.75, 3.05) is 27.4 Å². The minimum Gasteiger partial charge on any atom is -0.493 e. The summed E-state index contributed by atoms with van der Waals surface area (Å²) in [7, 11) is 3.03. The molecule has 28 heavy (non-hydrogen) atoms. The maximum Gasteiger partial charge on any atom is 0.349 e. The van der Waals surface area contributed by atoms with E-state index in [0.717, 1.165) is 12.8 Å². The fraction of sp³-hybridized carbons (Fsp3) is 0.400. The van der Waals surface area contributed by atoms with Crippen molar-refractivity contribution in [1.82, 2.24) is 5.32 Å². The van der Waals surface area contributed by atoms with E-state index in [0.29, 0.717) is 35.1 Å². The molecule has 1 amide bonds. The quantitative estimate of drug-likeness (QED) is 0.680. The predicted molar refractivity (Wildman–Crippen MR) is 104 cm³/mol. The van der Waals surface area contributed by atoms with Crippen LogP contribution in [-0.4, -0.2) is 45.4 Å². The lowest BCUT2D eigenvalue weighted by Crippen LogP contribution is -2.37. The average molecular weight is 405 g/mol. The van der Waals surface area contributed by atoms with Crippen LogP contribution in [0.2, 0.25) is 0 Å². The molecule has 1 N–H and O–H groups in total. The Balaban J connectivity index is 1.80. The summed E-state index contributed by atoms with van der Waals surface area (Å²) in [5.41, 5.74) is 0.493. The number of thiophene rings is 1. The highest BCUT2D eigenvalue weighted by atomic mass is 32.1. The van der Waals surface area contributed by atoms with Crippen LogP contribution in [0.5, 0.6) is 11.5 Å². The molecule has 0 saturated carbocycles. The summed E-state index contributed by atoms with van der Waals surface area (Å²) >= 11 is 1.26. The summed E-state index contributed by atoms with van der Waals surface area (Å²) < 4.78 is 21.6. The summed E-state index contributed by atoms with van der Waals surface area (Å²) in [5.74, 6) is 0.00752. The molecule has 1 aliphatic rings. The van der Waals surface area contributed by atoms with Crippen LogP contribution < -0.4 is 14.8 Å². The maximum absolute atomic E-state index is 12.8. The van der Waals surface area contributed by atoms with Crippen LogP contribution in [0.15, 0.2) is 35.7 Å². The third-order valence-corrected chi connectivity index (χ3v) is 5.27. The van der Waals surface area contributed by atoms with Crippen molar-refractivity contribution in [2.24, 2.45) is 0 Å². The van der Waals surface area contributed by atoms with Gasteiger partial charge in [0.2, 0.25) is 6.10 Å². The van der Waals surface area contributed by atoms with E-state index in [1.807, 2.05) is 0 Å². The smallest absolute Gasteiger partial charge is 0.349 e. The molecule has 0 bridgehead atoms. The van der Waals surface area contributed by atoms with E-state index in [1.165, 1.54) is 25.6 Å². The molecule has 1 aromatic heterocycles. The lowest BCUT2D eigenvalue weighted by Gasteiger charge is -2.20. The number of esters is 1. The minimum atomic E-state index is -1.11. The van der Waals surface area contributed by atoms with Gasteiger partial charge in [0.15, 0.2) is 11.5 Å². The molecular formula is C20H23NO6S. The van der Waals surface area contributed by atoms with Gasteiger partial charge in [0.1, 0.15) is 4.88 Å². The minimum absolute atomic E-state index is 0.0111. The van der Waals surface area contributed by atoms with Crippen LogP contribution >= 0.6 is 11.3 Å². The van der Waals surface area contributed by atoms with Gasteiger partial charge in [-0.2, -0.15) is 0 Å². The number of amides is 1. The van der Waals surface area contributed by atoms with Crippen molar-refractivity contribution in [3.63, 3.8) is 0 Å². The van der Waals surface area contributed by atoms with E-state index >= 15 is 0 Å². The predicted octanol–water partition coefficient (Wildman–Crippen LogP) is 2.96. The summed E-state index contributed by atoms with van der Waals surface area (Å²) in [5, 5.41) is 4.61. The van der Waals surface area contributed by atoms with Crippen molar-refractivity contribution < 1.29 is 28.5 Å². The van der Waals surface area contributed by atoms with Gasteiger partial charge in [0, 0.05) is 18.7 Å². The first kappa shape index (κ1) is 20.2. The van der Waals surface area contributed by atoms with Gasteiger partial charge in [0.25, 0.3) is 5.91 Å². The number of carbonyl (C=O) groups is 2. The largest absolute Gasteiger partial charge is 0.493 e. The zero-order chi connectivity index (χ0) is 19.9. The molecule has 3 rings (SSSR count). The standard InChI is InChI=1S/C20H23NO6S/c1-24-15-8-7-13(11-16(15)25-2)18(27-20(23)17-6-4-10-28-17)19(22)21-12-14-5-3-9-26-14/h4,6-8,10-11,14,18H,3,5,9,12H2,1-2H3,(H,21,22)/t14-,18-/m1/s1. The number of benzene rings is 1. The van der Waals surface area contributed by atoms with Crippen LogP contribution in [-0.2, 0) is 14.3 Å². The van der Waals surface area contributed by atoms with E-state index in [9.17, 15) is 9.59 Å². The number of ether oxygens (including phenoxy) is 4. The molecule has 1 saturated heterocycles. The molecule has 1 aromatic carbocycles. The zero-order valence-corrected chi connectivity index (χ0v) is 16.6. The highest BCUT2D eigenvalue weighted by molar-refractivity contribution is 7.11. The molecule has 2 heterocycles. The highest BCUT2D eigenvalue weighted by Gasteiger charge is 2.28. The molecule has 0 unspecified atom stereocenters. The number of hydrogen-bond acceptors (Lipinski definition) is 7. The first-order chi connectivity index (χ1) is 13.6. The summed E-state index contributed by atoms with van der Waals surface area (Å²) in [6, 6.07) is 8.40. The normalized spacial score (nSPS) is 17.0. The first-order valence-corrected chi connectivity index (χ1v) is 9.86. The van der Waals surface area contributed by atoms with Gasteiger partial charge in [-0.05, 0) is 36.4 Å². The van der Waals surface area contributed by atoms with Crippen LogP contribution in [0.4, 0.5) is 0 Å². The Labute approximate surface area is 167 Å². The first-order valence-electron chi connectivity index (χ1n) is 8.98. The van der Waals surface area contributed by atoms with Crippen molar-refractivity contribution in [2.45, 2.75) is 25.0 Å². The van der Waals surface area contributed by atoms with Gasteiger partial charge in [-0.15, -0.1) is 11.3 Å². The van der Waals surface area contributed by atoms with Crippen LogP contribution in [0.3, 0.4) is 0 Å². The fourth-order valence-electron chi connectivity index (χ4n) is 2.96. The van der Waals surface area contributed by atoms with Gasteiger partial charge in [-0.3, -0.25) is 4.79 Å². The van der Waals surface area contributed by atoms with Gasteiger partial charge in [-0.25, -0.2) is 4.79 Å².